The third-order valence-corrected chi connectivity index (χ3v) is 4.01. The van der Waals surface area contributed by atoms with E-state index in [1.165, 1.54) is 11.1 Å². The van der Waals surface area contributed by atoms with Crippen molar-refractivity contribution in [3.05, 3.63) is 35.4 Å². The zero-order valence-corrected chi connectivity index (χ0v) is 13.1. The highest BCUT2D eigenvalue weighted by atomic mass is 16.3. The van der Waals surface area contributed by atoms with E-state index in [0.29, 0.717) is 19.5 Å². The van der Waals surface area contributed by atoms with Gasteiger partial charge in [0, 0.05) is 32.6 Å². The van der Waals surface area contributed by atoms with Crippen molar-refractivity contribution in [2.75, 3.05) is 26.7 Å². The largest absolute Gasteiger partial charge is 0.390 e. The standard InChI is InChI=1S/C17H26N2O2/c1-3-14-6-8-15(9-7-14)11-18(2)12-16(20)13-19-10-4-5-17(19)21/h6-9,16,20H,3-5,10-13H2,1-2H3. The summed E-state index contributed by atoms with van der Waals surface area (Å²) in [4.78, 5) is 15.4. The third-order valence-electron chi connectivity index (χ3n) is 4.01. The molecule has 1 atom stereocenters. The molecule has 1 aliphatic heterocycles. The molecule has 0 aliphatic carbocycles. The maximum Gasteiger partial charge on any atom is 0.222 e. The first kappa shape index (κ1) is 16.0. The van der Waals surface area contributed by atoms with Gasteiger partial charge in [-0.3, -0.25) is 9.69 Å². The van der Waals surface area contributed by atoms with E-state index in [0.717, 1.165) is 25.9 Å². The number of likely N-dealkylation sites (tertiary alicyclic amines) is 1. The molecule has 1 aromatic carbocycles. The lowest BCUT2D eigenvalue weighted by atomic mass is 10.1. The lowest BCUT2D eigenvalue weighted by Crippen LogP contribution is -2.39. The van der Waals surface area contributed by atoms with E-state index in [1.54, 1.807) is 4.90 Å². The number of rotatable bonds is 7. The van der Waals surface area contributed by atoms with Crippen LogP contribution in [-0.4, -0.2) is 53.6 Å². The second-order valence-electron chi connectivity index (χ2n) is 5.96. The van der Waals surface area contributed by atoms with Crippen LogP contribution in [0.15, 0.2) is 24.3 Å². The molecule has 1 unspecified atom stereocenters. The van der Waals surface area contributed by atoms with Crippen LogP contribution in [-0.2, 0) is 17.8 Å². The average molecular weight is 290 g/mol. The summed E-state index contributed by atoms with van der Waals surface area (Å²) in [5.74, 6) is 0.173. The number of aliphatic hydroxyl groups is 1. The fraction of sp³-hybridized carbons (Fsp3) is 0.588. The Balaban J connectivity index is 1.77. The summed E-state index contributed by atoms with van der Waals surface area (Å²) in [7, 11) is 2.00. The first-order valence-electron chi connectivity index (χ1n) is 7.80. The third kappa shape index (κ3) is 4.83. The van der Waals surface area contributed by atoms with Gasteiger partial charge in [-0.25, -0.2) is 0 Å². The summed E-state index contributed by atoms with van der Waals surface area (Å²) in [6, 6.07) is 8.60. The fourth-order valence-electron chi connectivity index (χ4n) is 2.83. The quantitative estimate of drug-likeness (QED) is 0.830. The Kier molecular flexibility index (Phi) is 5.76. The summed E-state index contributed by atoms with van der Waals surface area (Å²) in [5, 5.41) is 10.1. The molecule has 1 amide bonds. The maximum atomic E-state index is 11.5. The Labute approximate surface area is 127 Å². The summed E-state index contributed by atoms with van der Waals surface area (Å²) in [6.07, 6.45) is 2.13. The average Bonchev–Trinajstić information content (AvgIpc) is 2.84. The SMILES string of the molecule is CCc1ccc(CN(C)CC(O)CN2CCCC2=O)cc1. The lowest BCUT2D eigenvalue weighted by molar-refractivity contribution is -0.129. The first-order valence-corrected chi connectivity index (χ1v) is 7.80. The number of carbonyl (C=O) groups excluding carboxylic acids is 1. The smallest absolute Gasteiger partial charge is 0.222 e. The molecule has 0 bridgehead atoms. The van der Waals surface area contributed by atoms with E-state index >= 15 is 0 Å². The summed E-state index contributed by atoms with van der Waals surface area (Å²) in [5.41, 5.74) is 2.59. The van der Waals surface area contributed by atoms with Crippen molar-refractivity contribution in [3.63, 3.8) is 0 Å². The highest BCUT2D eigenvalue weighted by Crippen LogP contribution is 2.11. The van der Waals surface area contributed by atoms with Gasteiger partial charge in [-0.15, -0.1) is 0 Å². The molecule has 1 fully saturated rings. The Morgan fingerprint density at radius 1 is 1.29 bits per heavy atom. The van der Waals surface area contributed by atoms with Gasteiger partial charge < -0.3 is 10.0 Å². The highest BCUT2D eigenvalue weighted by molar-refractivity contribution is 5.78. The van der Waals surface area contributed by atoms with Gasteiger partial charge in [0.2, 0.25) is 5.91 Å². The van der Waals surface area contributed by atoms with E-state index in [4.69, 9.17) is 0 Å². The monoisotopic (exact) mass is 290 g/mol. The van der Waals surface area contributed by atoms with Crippen molar-refractivity contribution in [3.8, 4) is 0 Å². The summed E-state index contributed by atoms with van der Waals surface area (Å²) >= 11 is 0. The molecule has 2 rings (SSSR count). The molecule has 0 saturated carbocycles. The summed E-state index contributed by atoms with van der Waals surface area (Å²) < 4.78 is 0. The second-order valence-corrected chi connectivity index (χ2v) is 5.96. The molecule has 0 aromatic heterocycles. The first-order chi connectivity index (χ1) is 10.1. The van der Waals surface area contributed by atoms with E-state index in [9.17, 15) is 9.90 Å². The Hall–Kier alpha value is -1.39. The Bertz CT molecular complexity index is 458. The van der Waals surface area contributed by atoms with Gasteiger partial charge in [0.05, 0.1) is 6.10 Å². The van der Waals surface area contributed by atoms with E-state index in [-0.39, 0.29) is 5.91 Å². The highest BCUT2D eigenvalue weighted by Gasteiger charge is 2.22. The second kappa shape index (κ2) is 7.57. The van der Waals surface area contributed by atoms with E-state index in [1.807, 2.05) is 7.05 Å². The number of hydrogen-bond donors (Lipinski definition) is 1. The van der Waals surface area contributed by atoms with Crippen molar-refractivity contribution in [2.45, 2.75) is 38.8 Å². The number of aryl methyl sites for hydroxylation is 1. The van der Waals surface area contributed by atoms with E-state index < -0.39 is 6.10 Å². The van der Waals surface area contributed by atoms with Crippen molar-refractivity contribution in [1.82, 2.24) is 9.80 Å². The molecular weight excluding hydrogens is 264 g/mol. The minimum Gasteiger partial charge on any atom is -0.390 e. The number of aliphatic hydroxyl groups excluding tert-OH is 1. The minimum absolute atomic E-state index is 0.173. The lowest BCUT2D eigenvalue weighted by Gasteiger charge is -2.24. The predicted octanol–water partition coefficient (Wildman–Crippen LogP) is 1.66. The van der Waals surface area contributed by atoms with Gasteiger partial charge in [0.25, 0.3) is 0 Å². The molecule has 21 heavy (non-hydrogen) atoms. The zero-order chi connectivity index (χ0) is 15.2. The Morgan fingerprint density at radius 2 is 1.95 bits per heavy atom. The normalized spacial score (nSPS) is 16.8. The van der Waals surface area contributed by atoms with Crippen molar-refractivity contribution >= 4 is 5.91 Å². The van der Waals surface area contributed by atoms with Gasteiger partial charge in [0.15, 0.2) is 0 Å². The molecular formula is C17H26N2O2. The van der Waals surface area contributed by atoms with Gasteiger partial charge in [0.1, 0.15) is 0 Å². The molecule has 0 spiro atoms. The Morgan fingerprint density at radius 3 is 2.52 bits per heavy atom. The van der Waals surface area contributed by atoms with E-state index in [2.05, 4.69) is 36.1 Å². The van der Waals surface area contributed by atoms with Gasteiger partial charge in [-0.05, 0) is 31.0 Å². The molecule has 4 heteroatoms. The molecule has 0 radical (unpaired) electrons. The maximum absolute atomic E-state index is 11.5. The molecule has 116 valence electrons. The van der Waals surface area contributed by atoms with Crippen LogP contribution in [0.3, 0.4) is 0 Å². The molecule has 1 aromatic rings. The van der Waals surface area contributed by atoms with Crippen LogP contribution in [0.5, 0.6) is 0 Å². The van der Waals surface area contributed by atoms with Crippen LogP contribution < -0.4 is 0 Å². The van der Waals surface area contributed by atoms with Gasteiger partial charge >= 0.3 is 0 Å². The number of likely N-dealkylation sites (N-methyl/N-ethyl adjacent to an activating group) is 1. The van der Waals surface area contributed by atoms with Crippen molar-refractivity contribution in [2.24, 2.45) is 0 Å². The fourth-order valence-corrected chi connectivity index (χ4v) is 2.83. The predicted molar refractivity (Wildman–Crippen MR) is 84.0 cm³/mol. The van der Waals surface area contributed by atoms with Crippen LogP contribution in [0, 0.1) is 0 Å². The molecule has 1 heterocycles. The van der Waals surface area contributed by atoms with Crippen molar-refractivity contribution in [1.29, 1.82) is 0 Å². The molecule has 1 aliphatic rings. The van der Waals surface area contributed by atoms with Crippen LogP contribution in [0.25, 0.3) is 0 Å². The molecule has 1 N–H and O–H groups in total. The van der Waals surface area contributed by atoms with Gasteiger partial charge in [-0.1, -0.05) is 31.2 Å². The minimum atomic E-state index is -0.480. The molecule has 1 saturated heterocycles. The number of hydrogen-bond acceptors (Lipinski definition) is 3. The van der Waals surface area contributed by atoms with Crippen LogP contribution in [0.1, 0.15) is 30.9 Å². The van der Waals surface area contributed by atoms with Crippen LogP contribution >= 0.6 is 0 Å². The number of amides is 1. The molecule has 4 nitrogen and oxygen atoms in total. The zero-order valence-electron chi connectivity index (χ0n) is 13.1. The number of β-amino-alcohol motifs (C(OH)–C–C–N with tert-alkyl or cyclic N) is 1. The van der Waals surface area contributed by atoms with Crippen LogP contribution in [0.4, 0.5) is 0 Å². The number of carbonyl (C=O) groups is 1. The number of benzene rings is 1. The summed E-state index contributed by atoms with van der Waals surface area (Å²) in [6.45, 7) is 4.79. The number of nitrogens with zero attached hydrogens (tertiary/aromatic N) is 2. The van der Waals surface area contributed by atoms with Crippen molar-refractivity contribution < 1.29 is 9.90 Å². The topological polar surface area (TPSA) is 43.8 Å². The van der Waals surface area contributed by atoms with Crippen LogP contribution in [0.2, 0.25) is 0 Å². The van der Waals surface area contributed by atoms with Gasteiger partial charge in [-0.2, -0.15) is 0 Å².